The van der Waals surface area contributed by atoms with Crippen LogP contribution in [-0.4, -0.2) is 0 Å². The standard InChI is InChI=1S/C30H50/c1-20(2)21-10-13-25-28(21,6)18-19-29(7)23-11-12-24-26(3,4)15-9-16-27(24,5)22(23)14-17-30(25,29)8/h14,20-21,23-25H,9-13,15-19H2,1-8H3/t21-,23+,24-,25-,27-,28-,29-,30+/m1/s1. The number of hydrogen-bond donors (Lipinski definition) is 0. The van der Waals surface area contributed by atoms with Crippen molar-refractivity contribution in [2.24, 2.45) is 56.7 Å². The summed E-state index contributed by atoms with van der Waals surface area (Å²) >= 11 is 0. The molecule has 5 aliphatic rings. The summed E-state index contributed by atoms with van der Waals surface area (Å²) in [4.78, 5) is 0. The highest BCUT2D eigenvalue weighted by atomic mass is 14.7. The lowest BCUT2D eigenvalue weighted by molar-refractivity contribution is -0.156. The van der Waals surface area contributed by atoms with E-state index in [4.69, 9.17) is 0 Å². The van der Waals surface area contributed by atoms with Crippen molar-refractivity contribution >= 4 is 0 Å². The van der Waals surface area contributed by atoms with Crippen LogP contribution in [0.25, 0.3) is 0 Å². The van der Waals surface area contributed by atoms with Crippen molar-refractivity contribution in [3.05, 3.63) is 11.6 Å². The Morgan fingerprint density at radius 1 is 0.767 bits per heavy atom. The van der Waals surface area contributed by atoms with Crippen molar-refractivity contribution in [2.45, 2.75) is 120 Å². The zero-order valence-corrected chi connectivity index (χ0v) is 21.5. The Hall–Kier alpha value is -0.260. The lowest BCUT2D eigenvalue weighted by atomic mass is 9.36. The normalized spacial score (nSPS) is 54.6. The van der Waals surface area contributed by atoms with Crippen molar-refractivity contribution in [3.8, 4) is 0 Å². The summed E-state index contributed by atoms with van der Waals surface area (Å²) in [6.45, 7) is 21.1. The highest BCUT2D eigenvalue weighted by molar-refractivity contribution is 5.32. The predicted octanol–water partition coefficient (Wildman–Crippen LogP) is 9.05. The first-order valence-corrected chi connectivity index (χ1v) is 13.6. The molecule has 0 nitrogen and oxygen atoms in total. The first-order chi connectivity index (χ1) is 13.9. The molecule has 0 spiro atoms. The first-order valence-electron chi connectivity index (χ1n) is 13.6. The van der Waals surface area contributed by atoms with E-state index in [0.29, 0.717) is 27.1 Å². The fourth-order valence-electron chi connectivity index (χ4n) is 11.3. The van der Waals surface area contributed by atoms with Crippen LogP contribution in [0.4, 0.5) is 0 Å². The Labute approximate surface area is 188 Å². The van der Waals surface area contributed by atoms with E-state index in [-0.39, 0.29) is 0 Å². The molecule has 0 amide bonds. The third kappa shape index (κ3) is 2.46. The van der Waals surface area contributed by atoms with Crippen LogP contribution in [0.2, 0.25) is 0 Å². The molecule has 8 atom stereocenters. The van der Waals surface area contributed by atoms with Crippen LogP contribution in [0, 0.1) is 56.7 Å². The molecule has 0 heterocycles. The van der Waals surface area contributed by atoms with Gasteiger partial charge in [-0.15, -0.1) is 0 Å². The van der Waals surface area contributed by atoms with Gasteiger partial charge in [0.2, 0.25) is 0 Å². The molecule has 0 aromatic rings. The zero-order valence-electron chi connectivity index (χ0n) is 21.5. The van der Waals surface area contributed by atoms with Gasteiger partial charge < -0.3 is 0 Å². The molecule has 0 aromatic carbocycles. The second-order valence-electron chi connectivity index (χ2n) is 14.6. The zero-order chi connectivity index (χ0) is 21.7. The SMILES string of the molecule is CC(C)[C@H]1CC[C@@H]2[C@]1(C)CC[C@]1(C)[C@H]3CC[C@@H]4C(C)(C)CCC[C@]4(C)C3=CC[C@@]21C. The molecule has 0 unspecified atom stereocenters. The van der Waals surface area contributed by atoms with Gasteiger partial charge in [-0.2, -0.15) is 0 Å². The van der Waals surface area contributed by atoms with Gasteiger partial charge in [0.25, 0.3) is 0 Å². The average molecular weight is 411 g/mol. The third-order valence-electron chi connectivity index (χ3n) is 13.0. The van der Waals surface area contributed by atoms with Crippen LogP contribution >= 0.6 is 0 Å². The highest BCUT2D eigenvalue weighted by Crippen LogP contribution is 2.76. The number of hydrogen-bond acceptors (Lipinski definition) is 0. The fourth-order valence-corrected chi connectivity index (χ4v) is 11.3. The second kappa shape index (κ2) is 6.41. The minimum absolute atomic E-state index is 0.478. The summed E-state index contributed by atoms with van der Waals surface area (Å²) in [5.74, 6) is 4.49. The van der Waals surface area contributed by atoms with Crippen molar-refractivity contribution in [1.82, 2.24) is 0 Å². The molecule has 5 rings (SSSR count). The van der Waals surface area contributed by atoms with Crippen molar-refractivity contribution in [2.75, 3.05) is 0 Å². The monoisotopic (exact) mass is 410 g/mol. The number of fused-ring (bicyclic) bond motifs is 7. The molecular formula is C30H50. The molecular weight excluding hydrogens is 360 g/mol. The van der Waals surface area contributed by atoms with E-state index in [1.165, 1.54) is 64.2 Å². The van der Waals surface area contributed by atoms with Gasteiger partial charge >= 0.3 is 0 Å². The highest BCUT2D eigenvalue weighted by Gasteiger charge is 2.67. The first kappa shape index (κ1) is 21.6. The molecule has 4 saturated carbocycles. The number of allylic oxidation sites excluding steroid dienone is 2. The predicted molar refractivity (Wildman–Crippen MR) is 129 cm³/mol. The van der Waals surface area contributed by atoms with E-state index in [2.05, 4.69) is 61.5 Å². The lowest BCUT2D eigenvalue weighted by Crippen LogP contribution is -2.61. The topological polar surface area (TPSA) is 0 Å². The van der Waals surface area contributed by atoms with Crippen molar-refractivity contribution in [3.63, 3.8) is 0 Å². The smallest absolute Gasteiger partial charge is 0.00801 e. The summed E-state index contributed by atoms with van der Waals surface area (Å²) in [5.41, 5.74) is 4.55. The van der Waals surface area contributed by atoms with E-state index in [1.54, 1.807) is 0 Å². The summed E-state index contributed by atoms with van der Waals surface area (Å²) in [6.07, 6.45) is 17.4. The summed E-state index contributed by atoms with van der Waals surface area (Å²) in [5, 5.41) is 0. The minimum atomic E-state index is 0.478. The molecule has 0 heteroatoms. The molecule has 0 bridgehead atoms. The van der Waals surface area contributed by atoms with Gasteiger partial charge in [-0.25, -0.2) is 0 Å². The number of rotatable bonds is 1. The van der Waals surface area contributed by atoms with Crippen molar-refractivity contribution < 1.29 is 0 Å². The molecule has 0 aromatic heterocycles. The quantitative estimate of drug-likeness (QED) is 0.378. The largest absolute Gasteiger partial charge is 0.0839 e. The molecule has 0 radical (unpaired) electrons. The molecule has 170 valence electrons. The van der Waals surface area contributed by atoms with Gasteiger partial charge in [-0.05, 0) is 114 Å². The van der Waals surface area contributed by atoms with E-state index < -0.39 is 0 Å². The van der Waals surface area contributed by atoms with Crippen molar-refractivity contribution in [1.29, 1.82) is 0 Å². The molecule has 4 fully saturated rings. The molecule has 0 aliphatic heterocycles. The van der Waals surface area contributed by atoms with E-state index >= 15 is 0 Å². The van der Waals surface area contributed by atoms with Gasteiger partial charge in [0, 0.05) is 0 Å². The summed E-state index contributed by atoms with van der Waals surface area (Å²) in [6, 6.07) is 0. The van der Waals surface area contributed by atoms with E-state index in [9.17, 15) is 0 Å². The Morgan fingerprint density at radius 2 is 1.47 bits per heavy atom. The molecule has 30 heavy (non-hydrogen) atoms. The van der Waals surface area contributed by atoms with E-state index in [0.717, 1.165) is 29.6 Å². The van der Waals surface area contributed by atoms with Gasteiger partial charge in [0.1, 0.15) is 0 Å². The lowest BCUT2D eigenvalue weighted by Gasteiger charge is -2.69. The average Bonchev–Trinajstić information content (AvgIpc) is 3.01. The van der Waals surface area contributed by atoms with Crippen LogP contribution in [0.5, 0.6) is 0 Å². The molecule has 0 saturated heterocycles. The minimum Gasteiger partial charge on any atom is -0.0839 e. The van der Waals surface area contributed by atoms with Crippen LogP contribution < -0.4 is 0 Å². The van der Waals surface area contributed by atoms with Gasteiger partial charge in [-0.1, -0.05) is 73.5 Å². The third-order valence-corrected chi connectivity index (χ3v) is 13.0. The van der Waals surface area contributed by atoms with Gasteiger partial charge in [0.05, 0.1) is 0 Å². The van der Waals surface area contributed by atoms with E-state index in [1.807, 2.05) is 5.57 Å². The summed E-state index contributed by atoms with van der Waals surface area (Å²) < 4.78 is 0. The Balaban J connectivity index is 1.56. The summed E-state index contributed by atoms with van der Waals surface area (Å²) in [7, 11) is 0. The second-order valence-corrected chi connectivity index (χ2v) is 14.6. The van der Waals surface area contributed by atoms with Gasteiger partial charge in [-0.3, -0.25) is 0 Å². The van der Waals surface area contributed by atoms with Crippen LogP contribution in [0.1, 0.15) is 120 Å². The Bertz CT molecular complexity index is 741. The molecule has 5 aliphatic carbocycles. The maximum absolute atomic E-state index is 2.86. The maximum atomic E-state index is 2.86. The fraction of sp³-hybridized carbons (Fsp3) is 0.933. The van der Waals surface area contributed by atoms with Crippen LogP contribution in [0.15, 0.2) is 11.6 Å². The Morgan fingerprint density at radius 3 is 2.17 bits per heavy atom. The maximum Gasteiger partial charge on any atom is -0.00801 e. The Kier molecular flexibility index (Phi) is 4.61. The van der Waals surface area contributed by atoms with Crippen LogP contribution in [0.3, 0.4) is 0 Å². The van der Waals surface area contributed by atoms with Crippen LogP contribution in [-0.2, 0) is 0 Å². The molecule has 0 N–H and O–H groups in total. The van der Waals surface area contributed by atoms with Gasteiger partial charge in [0.15, 0.2) is 0 Å².